The van der Waals surface area contributed by atoms with Gasteiger partial charge in [0, 0.05) is 6.20 Å². The molecule has 2 aromatic rings. The fraction of sp³-hybridized carbons (Fsp3) is 0.154. The molecule has 0 saturated heterocycles. The molecule has 0 aliphatic heterocycles. The third-order valence-corrected chi connectivity index (χ3v) is 2.64. The highest BCUT2D eigenvalue weighted by Gasteiger charge is 2.15. The first kappa shape index (κ1) is 12.6. The molecule has 0 radical (unpaired) electrons. The normalized spacial score (nSPS) is 9.89. The molecule has 0 fully saturated rings. The highest BCUT2D eigenvalue weighted by Crippen LogP contribution is 2.14. The number of esters is 1. The lowest BCUT2D eigenvalue weighted by atomic mass is 10.1. The number of benzene rings is 1. The van der Waals surface area contributed by atoms with Gasteiger partial charge in [0.1, 0.15) is 0 Å². The van der Waals surface area contributed by atoms with Crippen LogP contribution in [0.4, 0.5) is 5.69 Å². The van der Waals surface area contributed by atoms with E-state index in [0.29, 0.717) is 12.1 Å². The molecule has 0 bridgehead atoms. The smallest absolute Gasteiger partial charge is 0.360 e. The van der Waals surface area contributed by atoms with Crippen molar-refractivity contribution in [1.82, 2.24) is 9.78 Å². The van der Waals surface area contributed by atoms with Gasteiger partial charge < -0.3 is 10.5 Å². The van der Waals surface area contributed by atoms with E-state index >= 15 is 0 Å². The highest BCUT2D eigenvalue weighted by atomic mass is 16.5. The van der Waals surface area contributed by atoms with E-state index in [4.69, 9.17) is 11.0 Å². The average Bonchev–Trinajstić information content (AvgIpc) is 2.79. The van der Waals surface area contributed by atoms with Gasteiger partial charge in [0.05, 0.1) is 31.0 Å². The van der Waals surface area contributed by atoms with Gasteiger partial charge in [-0.25, -0.2) is 4.79 Å². The lowest BCUT2D eigenvalue weighted by molar-refractivity contribution is 0.0594. The molecule has 1 heterocycles. The first-order valence-corrected chi connectivity index (χ1v) is 5.55. The van der Waals surface area contributed by atoms with Crippen LogP contribution >= 0.6 is 0 Å². The number of anilines is 1. The Morgan fingerprint density at radius 3 is 2.95 bits per heavy atom. The van der Waals surface area contributed by atoms with Crippen LogP contribution in [0, 0.1) is 11.3 Å². The zero-order valence-electron chi connectivity index (χ0n) is 10.3. The lowest BCUT2D eigenvalue weighted by Crippen LogP contribution is -2.07. The summed E-state index contributed by atoms with van der Waals surface area (Å²) in [6.07, 6.45) is 1.54. The first-order chi connectivity index (χ1) is 9.15. The summed E-state index contributed by atoms with van der Waals surface area (Å²) in [5, 5.41) is 13.1. The summed E-state index contributed by atoms with van der Waals surface area (Å²) in [6.45, 7) is 0.366. The van der Waals surface area contributed by atoms with Crippen LogP contribution in [0.15, 0.2) is 30.5 Å². The van der Waals surface area contributed by atoms with Crippen molar-refractivity contribution in [3.05, 3.63) is 47.3 Å². The number of ether oxygens (including phenoxy) is 1. The molecule has 6 heteroatoms. The number of nitrogens with two attached hydrogens (primary N) is 1. The molecule has 0 aliphatic carbocycles. The fourth-order valence-electron chi connectivity index (χ4n) is 1.71. The van der Waals surface area contributed by atoms with Gasteiger partial charge in [-0.1, -0.05) is 18.2 Å². The SMILES string of the molecule is COC(=O)c1nn(Cc2ccccc2C#N)cc1N. The molecule has 0 spiro atoms. The molecule has 1 aromatic carbocycles. The summed E-state index contributed by atoms with van der Waals surface area (Å²) < 4.78 is 6.09. The second-order valence-electron chi connectivity index (χ2n) is 3.89. The molecule has 0 amide bonds. The standard InChI is InChI=1S/C13H12N4O2/c1-19-13(18)12-11(15)8-17(16-12)7-10-5-3-2-4-9(10)6-14/h2-5,8H,7,15H2,1H3. The van der Waals surface area contributed by atoms with Crippen molar-refractivity contribution in [3.63, 3.8) is 0 Å². The number of rotatable bonds is 3. The van der Waals surface area contributed by atoms with Crippen LogP contribution < -0.4 is 5.73 Å². The van der Waals surface area contributed by atoms with Crippen LogP contribution in [0.25, 0.3) is 0 Å². The van der Waals surface area contributed by atoms with Gasteiger partial charge in [0.15, 0.2) is 5.69 Å². The number of carbonyl (C=O) groups excluding carboxylic acids is 1. The Balaban J connectivity index is 2.30. The zero-order valence-corrected chi connectivity index (χ0v) is 10.3. The minimum atomic E-state index is -0.579. The maximum absolute atomic E-state index is 11.4. The Kier molecular flexibility index (Phi) is 3.48. The fourth-order valence-corrected chi connectivity index (χ4v) is 1.71. The predicted molar refractivity (Wildman–Crippen MR) is 68.2 cm³/mol. The third kappa shape index (κ3) is 2.55. The maximum atomic E-state index is 11.4. The molecule has 6 nitrogen and oxygen atoms in total. The quantitative estimate of drug-likeness (QED) is 0.832. The second-order valence-corrected chi connectivity index (χ2v) is 3.89. The summed E-state index contributed by atoms with van der Waals surface area (Å²) in [4.78, 5) is 11.4. The first-order valence-electron chi connectivity index (χ1n) is 5.55. The molecule has 1 aromatic heterocycles. The molecule has 96 valence electrons. The summed E-state index contributed by atoms with van der Waals surface area (Å²) in [7, 11) is 1.27. The van der Waals surface area contributed by atoms with Gasteiger partial charge in [-0.3, -0.25) is 4.68 Å². The molecule has 0 aliphatic rings. The Labute approximate surface area is 110 Å². The van der Waals surface area contributed by atoms with Crippen LogP contribution in [0.3, 0.4) is 0 Å². The van der Waals surface area contributed by atoms with E-state index in [1.54, 1.807) is 18.3 Å². The highest BCUT2D eigenvalue weighted by molar-refractivity contribution is 5.92. The van der Waals surface area contributed by atoms with Crippen LogP contribution in [-0.4, -0.2) is 22.9 Å². The Morgan fingerprint density at radius 1 is 1.53 bits per heavy atom. The van der Waals surface area contributed by atoms with E-state index < -0.39 is 5.97 Å². The van der Waals surface area contributed by atoms with Crippen LogP contribution in [-0.2, 0) is 11.3 Å². The second kappa shape index (κ2) is 5.23. The van der Waals surface area contributed by atoms with Gasteiger partial charge in [-0.15, -0.1) is 0 Å². The molecule has 0 saturated carbocycles. The molecule has 0 unspecified atom stereocenters. The topological polar surface area (TPSA) is 93.9 Å². The van der Waals surface area contributed by atoms with E-state index in [0.717, 1.165) is 5.56 Å². The van der Waals surface area contributed by atoms with Gasteiger partial charge in [-0.2, -0.15) is 10.4 Å². The molecular weight excluding hydrogens is 244 g/mol. The van der Waals surface area contributed by atoms with Crippen molar-refractivity contribution < 1.29 is 9.53 Å². The minimum Gasteiger partial charge on any atom is -0.464 e. The number of hydrogen-bond acceptors (Lipinski definition) is 5. The van der Waals surface area contributed by atoms with Crippen molar-refractivity contribution in [3.8, 4) is 6.07 Å². The van der Waals surface area contributed by atoms with E-state index in [9.17, 15) is 4.79 Å². The summed E-state index contributed by atoms with van der Waals surface area (Å²) in [5.41, 5.74) is 7.40. The largest absolute Gasteiger partial charge is 0.464 e. The number of methoxy groups -OCH3 is 1. The van der Waals surface area contributed by atoms with E-state index in [1.807, 2.05) is 12.1 Å². The van der Waals surface area contributed by atoms with Crippen LogP contribution in [0.5, 0.6) is 0 Å². The van der Waals surface area contributed by atoms with Crippen molar-refractivity contribution >= 4 is 11.7 Å². The number of carbonyl (C=O) groups is 1. The van der Waals surface area contributed by atoms with Crippen molar-refractivity contribution in [2.75, 3.05) is 12.8 Å². The zero-order chi connectivity index (χ0) is 13.8. The number of nitrogens with zero attached hydrogens (tertiary/aromatic N) is 3. The van der Waals surface area contributed by atoms with Gasteiger partial charge in [0.25, 0.3) is 0 Å². The molecule has 19 heavy (non-hydrogen) atoms. The molecular formula is C13H12N4O2. The number of nitriles is 1. The minimum absolute atomic E-state index is 0.0805. The van der Waals surface area contributed by atoms with E-state index in [1.165, 1.54) is 11.8 Å². The van der Waals surface area contributed by atoms with E-state index in [2.05, 4.69) is 15.9 Å². The average molecular weight is 256 g/mol. The monoisotopic (exact) mass is 256 g/mol. The van der Waals surface area contributed by atoms with Gasteiger partial charge in [0.2, 0.25) is 0 Å². The van der Waals surface area contributed by atoms with Gasteiger partial charge >= 0.3 is 5.97 Å². The summed E-state index contributed by atoms with van der Waals surface area (Å²) in [5.74, 6) is -0.579. The molecule has 0 atom stereocenters. The third-order valence-electron chi connectivity index (χ3n) is 2.64. The summed E-state index contributed by atoms with van der Waals surface area (Å²) >= 11 is 0. The Morgan fingerprint density at radius 2 is 2.26 bits per heavy atom. The number of aromatic nitrogens is 2. The lowest BCUT2D eigenvalue weighted by Gasteiger charge is -2.03. The molecule has 2 rings (SSSR count). The molecule has 2 N–H and O–H groups in total. The Hall–Kier alpha value is -2.81. The van der Waals surface area contributed by atoms with Crippen molar-refractivity contribution in [1.29, 1.82) is 5.26 Å². The van der Waals surface area contributed by atoms with Crippen LogP contribution in [0.2, 0.25) is 0 Å². The van der Waals surface area contributed by atoms with E-state index in [-0.39, 0.29) is 11.4 Å². The van der Waals surface area contributed by atoms with Gasteiger partial charge in [-0.05, 0) is 11.6 Å². The van der Waals surface area contributed by atoms with Crippen molar-refractivity contribution in [2.24, 2.45) is 0 Å². The predicted octanol–water partition coefficient (Wildman–Crippen LogP) is 1.17. The number of hydrogen-bond donors (Lipinski definition) is 1. The number of nitrogen functional groups attached to an aromatic ring is 1. The Bertz CT molecular complexity index is 655. The van der Waals surface area contributed by atoms with Crippen LogP contribution in [0.1, 0.15) is 21.6 Å². The summed E-state index contributed by atoms with van der Waals surface area (Å²) in [6, 6.07) is 9.29. The maximum Gasteiger partial charge on any atom is 0.360 e. The van der Waals surface area contributed by atoms with Crippen molar-refractivity contribution in [2.45, 2.75) is 6.54 Å².